The van der Waals surface area contributed by atoms with Gasteiger partial charge in [0.05, 0.1) is 0 Å². The van der Waals surface area contributed by atoms with Crippen LogP contribution in [0.5, 0.6) is 0 Å². The zero-order chi connectivity index (χ0) is 15.4. The predicted octanol–water partition coefficient (Wildman–Crippen LogP) is 3.61. The van der Waals surface area contributed by atoms with Crippen LogP contribution in [-0.4, -0.2) is 23.5 Å². The Bertz CT molecular complexity index is 606. The van der Waals surface area contributed by atoms with Crippen molar-refractivity contribution in [2.45, 2.75) is 32.1 Å². The molecule has 1 fully saturated rings. The van der Waals surface area contributed by atoms with E-state index in [0.717, 1.165) is 19.6 Å². The largest absolute Gasteiger partial charge is 0.305 e. The van der Waals surface area contributed by atoms with Crippen LogP contribution in [0.2, 0.25) is 0 Å². The summed E-state index contributed by atoms with van der Waals surface area (Å²) in [7, 11) is 0. The van der Waals surface area contributed by atoms with Crippen LogP contribution in [0.1, 0.15) is 18.1 Å². The summed E-state index contributed by atoms with van der Waals surface area (Å²) in [6, 6.07) is 22.1. The molecule has 0 unspecified atom stereocenters. The molecular weight excluding hydrogens is 268 g/mol. The Labute approximate surface area is 133 Å². The molecule has 2 aromatic rings. The second-order valence-electron chi connectivity index (χ2n) is 6.13. The lowest BCUT2D eigenvalue weighted by Gasteiger charge is -2.25. The molecule has 3 rings (SSSR count). The second-order valence-corrected chi connectivity index (χ2v) is 6.13. The van der Waals surface area contributed by atoms with Gasteiger partial charge in [-0.25, -0.2) is 0 Å². The van der Waals surface area contributed by atoms with Gasteiger partial charge < -0.3 is 5.32 Å². The SMILES string of the molecule is C=C1CN(Cc2ccccc2)[C@@H](C)[C@H]1NCc1ccccc1. The van der Waals surface area contributed by atoms with Crippen molar-refractivity contribution in [1.82, 2.24) is 10.2 Å². The third kappa shape index (κ3) is 3.46. The molecule has 1 aliphatic rings. The normalized spacial score (nSPS) is 22.1. The number of nitrogens with one attached hydrogen (secondary N) is 1. The third-order valence-electron chi connectivity index (χ3n) is 4.50. The van der Waals surface area contributed by atoms with Crippen LogP contribution in [0.15, 0.2) is 72.8 Å². The summed E-state index contributed by atoms with van der Waals surface area (Å²) in [6.45, 7) is 9.44. The van der Waals surface area contributed by atoms with E-state index in [1.165, 1.54) is 16.7 Å². The molecule has 1 aliphatic heterocycles. The highest BCUT2D eigenvalue weighted by molar-refractivity contribution is 5.22. The van der Waals surface area contributed by atoms with Crippen molar-refractivity contribution >= 4 is 0 Å². The van der Waals surface area contributed by atoms with Gasteiger partial charge in [0.25, 0.3) is 0 Å². The van der Waals surface area contributed by atoms with E-state index in [-0.39, 0.29) is 0 Å². The third-order valence-corrected chi connectivity index (χ3v) is 4.50. The summed E-state index contributed by atoms with van der Waals surface area (Å²) in [5, 5.41) is 3.67. The maximum Gasteiger partial charge on any atom is 0.0447 e. The van der Waals surface area contributed by atoms with E-state index in [1.54, 1.807) is 0 Å². The van der Waals surface area contributed by atoms with Gasteiger partial charge in [-0.3, -0.25) is 4.90 Å². The quantitative estimate of drug-likeness (QED) is 0.847. The van der Waals surface area contributed by atoms with E-state index >= 15 is 0 Å². The summed E-state index contributed by atoms with van der Waals surface area (Å²) in [5.74, 6) is 0. The first-order chi connectivity index (χ1) is 10.7. The van der Waals surface area contributed by atoms with Crippen molar-refractivity contribution < 1.29 is 0 Å². The van der Waals surface area contributed by atoms with Crippen molar-refractivity contribution in [2.75, 3.05) is 6.54 Å². The number of nitrogens with zero attached hydrogens (tertiary/aromatic N) is 1. The fraction of sp³-hybridized carbons (Fsp3) is 0.300. The number of rotatable bonds is 5. The molecule has 0 bridgehead atoms. The maximum absolute atomic E-state index is 4.29. The highest BCUT2D eigenvalue weighted by Crippen LogP contribution is 2.24. The van der Waals surface area contributed by atoms with Gasteiger partial charge in [0.15, 0.2) is 0 Å². The Morgan fingerprint density at radius 2 is 1.59 bits per heavy atom. The first-order valence-corrected chi connectivity index (χ1v) is 7.97. The topological polar surface area (TPSA) is 15.3 Å². The Hall–Kier alpha value is -1.90. The fourth-order valence-electron chi connectivity index (χ4n) is 3.21. The molecule has 0 radical (unpaired) electrons. The minimum atomic E-state index is 0.365. The van der Waals surface area contributed by atoms with Crippen molar-refractivity contribution in [3.8, 4) is 0 Å². The smallest absolute Gasteiger partial charge is 0.0447 e. The lowest BCUT2D eigenvalue weighted by molar-refractivity contribution is 0.241. The van der Waals surface area contributed by atoms with E-state index in [9.17, 15) is 0 Å². The van der Waals surface area contributed by atoms with Crippen molar-refractivity contribution in [1.29, 1.82) is 0 Å². The lowest BCUT2D eigenvalue weighted by Crippen LogP contribution is -2.40. The molecule has 2 aromatic carbocycles. The van der Waals surface area contributed by atoms with E-state index in [4.69, 9.17) is 0 Å². The van der Waals surface area contributed by atoms with Crippen LogP contribution < -0.4 is 5.32 Å². The van der Waals surface area contributed by atoms with Crippen LogP contribution in [0.25, 0.3) is 0 Å². The van der Waals surface area contributed by atoms with Crippen molar-refractivity contribution in [3.05, 3.63) is 83.9 Å². The Morgan fingerprint density at radius 1 is 1.00 bits per heavy atom. The van der Waals surface area contributed by atoms with Gasteiger partial charge in [-0.1, -0.05) is 67.2 Å². The van der Waals surface area contributed by atoms with Gasteiger partial charge in [-0.05, 0) is 23.6 Å². The molecule has 2 nitrogen and oxygen atoms in total. The van der Waals surface area contributed by atoms with Crippen LogP contribution in [0.4, 0.5) is 0 Å². The van der Waals surface area contributed by atoms with Gasteiger partial charge in [-0.2, -0.15) is 0 Å². The number of likely N-dealkylation sites (tertiary alicyclic amines) is 1. The van der Waals surface area contributed by atoms with E-state index in [2.05, 4.69) is 84.4 Å². The molecule has 2 atom stereocenters. The molecule has 1 heterocycles. The summed E-state index contributed by atoms with van der Waals surface area (Å²) in [6.07, 6.45) is 0. The average molecular weight is 292 g/mol. The minimum absolute atomic E-state index is 0.365. The summed E-state index contributed by atoms with van der Waals surface area (Å²) in [4.78, 5) is 2.50. The van der Waals surface area contributed by atoms with Gasteiger partial charge in [0.2, 0.25) is 0 Å². The lowest BCUT2D eigenvalue weighted by atomic mass is 10.1. The summed E-state index contributed by atoms with van der Waals surface area (Å²) in [5.41, 5.74) is 3.98. The van der Waals surface area contributed by atoms with E-state index in [0.29, 0.717) is 12.1 Å². The summed E-state index contributed by atoms with van der Waals surface area (Å²) < 4.78 is 0. The van der Waals surface area contributed by atoms with Gasteiger partial charge in [0.1, 0.15) is 0 Å². The fourth-order valence-corrected chi connectivity index (χ4v) is 3.21. The molecule has 1 N–H and O–H groups in total. The Kier molecular flexibility index (Phi) is 4.71. The average Bonchev–Trinajstić information content (AvgIpc) is 2.81. The molecule has 0 spiro atoms. The molecular formula is C20H24N2. The van der Waals surface area contributed by atoms with Crippen molar-refractivity contribution in [3.63, 3.8) is 0 Å². The Morgan fingerprint density at radius 3 is 2.23 bits per heavy atom. The van der Waals surface area contributed by atoms with Gasteiger partial charge in [-0.15, -0.1) is 0 Å². The summed E-state index contributed by atoms with van der Waals surface area (Å²) >= 11 is 0. The van der Waals surface area contributed by atoms with E-state index < -0.39 is 0 Å². The van der Waals surface area contributed by atoms with Crippen LogP contribution >= 0.6 is 0 Å². The molecule has 2 heteroatoms. The molecule has 1 saturated heterocycles. The number of hydrogen-bond donors (Lipinski definition) is 1. The number of hydrogen-bond acceptors (Lipinski definition) is 2. The monoisotopic (exact) mass is 292 g/mol. The zero-order valence-electron chi connectivity index (χ0n) is 13.2. The first-order valence-electron chi connectivity index (χ1n) is 7.97. The maximum atomic E-state index is 4.29. The Balaban J connectivity index is 1.60. The van der Waals surface area contributed by atoms with Gasteiger partial charge in [0, 0.05) is 31.7 Å². The van der Waals surface area contributed by atoms with Crippen LogP contribution in [0, 0.1) is 0 Å². The molecule has 114 valence electrons. The number of benzene rings is 2. The predicted molar refractivity (Wildman–Crippen MR) is 92.5 cm³/mol. The van der Waals surface area contributed by atoms with Crippen LogP contribution in [0.3, 0.4) is 0 Å². The minimum Gasteiger partial charge on any atom is -0.305 e. The van der Waals surface area contributed by atoms with Crippen molar-refractivity contribution in [2.24, 2.45) is 0 Å². The second kappa shape index (κ2) is 6.91. The van der Waals surface area contributed by atoms with Crippen LogP contribution in [-0.2, 0) is 13.1 Å². The molecule has 0 aliphatic carbocycles. The zero-order valence-corrected chi connectivity index (χ0v) is 13.2. The molecule has 0 saturated carbocycles. The van der Waals surface area contributed by atoms with Gasteiger partial charge >= 0.3 is 0 Å². The highest BCUT2D eigenvalue weighted by atomic mass is 15.2. The molecule has 0 amide bonds. The molecule has 0 aromatic heterocycles. The standard InChI is InChI=1S/C20H24N2/c1-16-14-22(15-19-11-7-4-8-12-19)17(2)20(16)21-13-18-9-5-3-6-10-18/h3-12,17,20-21H,1,13-15H2,2H3/t17-,20-/m0/s1. The molecule has 22 heavy (non-hydrogen) atoms. The first kappa shape index (κ1) is 15.0. The van der Waals surface area contributed by atoms with E-state index in [1.807, 2.05) is 0 Å². The highest BCUT2D eigenvalue weighted by Gasteiger charge is 2.32.